The molecule has 3 rings (SSSR count). The van der Waals surface area contributed by atoms with Crippen LogP contribution in [0.5, 0.6) is 0 Å². The lowest BCUT2D eigenvalue weighted by molar-refractivity contribution is -0.154. The van der Waals surface area contributed by atoms with Crippen molar-refractivity contribution in [2.45, 2.75) is 38.3 Å². The number of esters is 1. The van der Waals surface area contributed by atoms with Gasteiger partial charge in [0, 0.05) is 13.1 Å². The van der Waals surface area contributed by atoms with Crippen molar-refractivity contribution in [1.82, 2.24) is 10.2 Å². The topological polar surface area (TPSA) is 75.7 Å². The van der Waals surface area contributed by atoms with Gasteiger partial charge in [0.1, 0.15) is 5.54 Å². The summed E-state index contributed by atoms with van der Waals surface area (Å²) in [5.74, 6) is -2.35. The van der Waals surface area contributed by atoms with E-state index in [-0.39, 0.29) is 11.8 Å². The van der Waals surface area contributed by atoms with Crippen molar-refractivity contribution < 1.29 is 19.1 Å². The number of carbonyl (C=O) groups is 3. The van der Waals surface area contributed by atoms with E-state index in [2.05, 4.69) is 5.32 Å². The van der Waals surface area contributed by atoms with Gasteiger partial charge in [-0.3, -0.25) is 24.6 Å². The molecule has 2 saturated heterocycles. The van der Waals surface area contributed by atoms with E-state index >= 15 is 0 Å². The van der Waals surface area contributed by atoms with Crippen LogP contribution in [-0.4, -0.2) is 42.4 Å². The van der Waals surface area contributed by atoms with E-state index in [1.54, 1.807) is 0 Å². The Labute approximate surface area is 147 Å². The summed E-state index contributed by atoms with van der Waals surface area (Å²) in [6, 6.07) is 7.35. The van der Waals surface area contributed by atoms with Crippen LogP contribution in [0.25, 0.3) is 0 Å². The normalized spacial score (nSPS) is 31.4. The van der Waals surface area contributed by atoms with Gasteiger partial charge in [0.05, 0.1) is 18.9 Å². The molecule has 1 aromatic carbocycles. The maximum atomic E-state index is 12.8. The van der Waals surface area contributed by atoms with Gasteiger partial charge < -0.3 is 4.74 Å². The zero-order valence-electron chi connectivity index (χ0n) is 15.0. The van der Waals surface area contributed by atoms with Crippen LogP contribution in [0.4, 0.5) is 0 Å². The number of carbonyl (C=O) groups excluding carboxylic acids is 3. The van der Waals surface area contributed by atoms with E-state index in [1.807, 2.05) is 38.1 Å². The molecule has 2 amide bonds. The van der Waals surface area contributed by atoms with Gasteiger partial charge in [0.2, 0.25) is 11.8 Å². The molecule has 2 fully saturated rings. The van der Waals surface area contributed by atoms with Crippen LogP contribution in [0.1, 0.15) is 36.9 Å². The third-order valence-corrected chi connectivity index (χ3v) is 5.59. The van der Waals surface area contributed by atoms with Crippen molar-refractivity contribution in [1.29, 1.82) is 0 Å². The molecule has 6 nitrogen and oxygen atoms in total. The van der Waals surface area contributed by atoms with Crippen LogP contribution in [0.3, 0.4) is 0 Å². The number of methoxy groups -OCH3 is 1. The Kier molecular flexibility index (Phi) is 4.41. The lowest BCUT2D eigenvalue weighted by atomic mass is 9.77. The van der Waals surface area contributed by atoms with Crippen LogP contribution in [0.15, 0.2) is 24.3 Å². The summed E-state index contributed by atoms with van der Waals surface area (Å²) >= 11 is 0. The lowest BCUT2D eigenvalue weighted by Gasteiger charge is -2.32. The number of amides is 2. The Hall–Kier alpha value is -2.21. The highest BCUT2D eigenvalue weighted by Gasteiger charge is 2.67. The van der Waals surface area contributed by atoms with Gasteiger partial charge in [0.25, 0.3) is 0 Å². The SMILES string of the molecule is CCC[C@@]1(C(=O)OC)N[C@@H](c2ccccc2C)[C@H]2C(=O)N(C)C(=O)[C@@H]21. The Morgan fingerprint density at radius 1 is 1.28 bits per heavy atom. The van der Waals surface area contributed by atoms with E-state index in [0.717, 1.165) is 16.0 Å². The first-order chi connectivity index (χ1) is 11.9. The van der Waals surface area contributed by atoms with Gasteiger partial charge in [-0.05, 0) is 24.5 Å². The fourth-order valence-electron chi connectivity index (χ4n) is 4.45. The molecule has 0 aromatic heterocycles. The molecule has 0 bridgehead atoms. The van der Waals surface area contributed by atoms with Crippen LogP contribution in [0, 0.1) is 18.8 Å². The van der Waals surface area contributed by atoms with Crippen molar-refractivity contribution in [3.63, 3.8) is 0 Å². The Bertz CT molecular complexity index is 732. The first kappa shape index (κ1) is 17.6. The third kappa shape index (κ3) is 2.39. The Morgan fingerprint density at radius 3 is 2.56 bits per heavy atom. The lowest BCUT2D eigenvalue weighted by Crippen LogP contribution is -2.56. The number of ether oxygens (including phenoxy) is 1. The standard InChI is InChI=1S/C19H24N2O4/c1-5-10-19(18(24)25-4)14-13(16(22)21(3)17(14)23)15(20-19)12-9-7-6-8-11(12)2/h6-9,13-15,20H,5,10H2,1-4H3/t13-,14+,15-,19+/m0/s1. The minimum atomic E-state index is -1.17. The minimum absolute atomic E-state index is 0.238. The van der Waals surface area contributed by atoms with Crippen LogP contribution in [-0.2, 0) is 19.1 Å². The number of likely N-dealkylation sites (tertiary alicyclic amines) is 1. The summed E-state index contributed by atoms with van der Waals surface area (Å²) < 4.78 is 5.05. The maximum Gasteiger partial charge on any atom is 0.326 e. The number of benzene rings is 1. The number of nitrogens with one attached hydrogen (secondary N) is 1. The van der Waals surface area contributed by atoms with Gasteiger partial charge in [-0.15, -0.1) is 0 Å². The Morgan fingerprint density at radius 2 is 1.96 bits per heavy atom. The molecule has 134 valence electrons. The van der Waals surface area contributed by atoms with Gasteiger partial charge in [-0.1, -0.05) is 37.6 Å². The fraction of sp³-hybridized carbons (Fsp3) is 0.526. The predicted octanol–water partition coefficient (Wildman–Crippen LogP) is 1.58. The van der Waals surface area contributed by atoms with Crippen molar-refractivity contribution in [2.24, 2.45) is 11.8 Å². The van der Waals surface area contributed by atoms with Gasteiger partial charge in [-0.25, -0.2) is 0 Å². The van der Waals surface area contributed by atoms with E-state index in [0.29, 0.717) is 12.8 Å². The maximum absolute atomic E-state index is 12.8. The molecule has 0 saturated carbocycles. The number of hydrogen-bond acceptors (Lipinski definition) is 5. The van der Waals surface area contributed by atoms with Crippen molar-refractivity contribution in [3.05, 3.63) is 35.4 Å². The highest BCUT2D eigenvalue weighted by atomic mass is 16.5. The van der Waals surface area contributed by atoms with Crippen molar-refractivity contribution in [2.75, 3.05) is 14.2 Å². The first-order valence-corrected chi connectivity index (χ1v) is 8.62. The number of aryl methyl sites for hydroxylation is 1. The zero-order valence-corrected chi connectivity index (χ0v) is 15.0. The summed E-state index contributed by atoms with van der Waals surface area (Å²) in [5, 5.41) is 3.35. The van der Waals surface area contributed by atoms with Crippen molar-refractivity contribution >= 4 is 17.8 Å². The molecule has 4 atom stereocenters. The zero-order chi connectivity index (χ0) is 18.4. The fourth-order valence-corrected chi connectivity index (χ4v) is 4.45. The molecule has 1 N–H and O–H groups in total. The van der Waals surface area contributed by atoms with Crippen molar-refractivity contribution in [3.8, 4) is 0 Å². The number of nitrogens with zero attached hydrogens (tertiary/aromatic N) is 1. The molecule has 0 unspecified atom stereocenters. The van der Waals surface area contributed by atoms with Crippen LogP contribution in [0.2, 0.25) is 0 Å². The smallest absolute Gasteiger partial charge is 0.326 e. The minimum Gasteiger partial charge on any atom is -0.468 e. The number of hydrogen-bond donors (Lipinski definition) is 1. The molecule has 2 heterocycles. The number of fused-ring (bicyclic) bond motifs is 1. The first-order valence-electron chi connectivity index (χ1n) is 8.62. The summed E-state index contributed by atoms with van der Waals surface area (Å²) in [6.07, 6.45) is 1.13. The molecule has 6 heteroatoms. The number of rotatable bonds is 4. The molecular weight excluding hydrogens is 320 g/mol. The van der Waals surface area contributed by atoms with Crippen LogP contribution >= 0.6 is 0 Å². The number of imide groups is 1. The second-order valence-electron chi connectivity index (χ2n) is 6.93. The van der Waals surface area contributed by atoms with E-state index in [1.165, 1.54) is 14.2 Å². The van der Waals surface area contributed by atoms with Crippen LogP contribution < -0.4 is 5.32 Å². The molecule has 25 heavy (non-hydrogen) atoms. The Balaban J connectivity index is 2.17. The summed E-state index contributed by atoms with van der Waals surface area (Å²) in [6.45, 7) is 3.92. The molecular formula is C19H24N2O4. The van der Waals surface area contributed by atoms with E-state index in [9.17, 15) is 14.4 Å². The summed E-state index contributed by atoms with van der Waals surface area (Å²) in [7, 11) is 2.81. The van der Waals surface area contributed by atoms with Gasteiger partial charge in [-0.2, -0.15) is 0 Å². The largest absolute Gasteiger partial charge is 0.468 e. The molecule has 0 spiro atoms. The average molecular weight is 344 g/mol. The van der Waals surface area contributed by atoms with Gasteiger partial charge >= 0.3 is 5.97 Å². The van der Waals surface area contributed by atoms with Gasteiger partial charge in [0.15, 0.2) is 0 Å². The monoisotopic (exact) mass is 344 g/mol. The summed E-state index contributed by atoms with van der Waals surface area (Å²) in [5.41, 5.74) is 0.792. The second-order valence-corrected chi connectivity index (χ2v) is 6.93. The molecule has 0 aliphatic carbocycles. The third-order valence-electron chi connectivity index (χ3n) is 5.59. The molecule has 0 radical (unpaired) electrons. The second kappa shape index (κ2) is 6.26. The molecule has 2 aliphatic rings. The highest BCUT2D eigenvalue weighted by Crippen LogP contribution is 2.50. The predicted molar refractivity (Wildman–Crippen MR) is 91.5 cm³/mol. The molecule has 2 aliphatic heterocycles. The summed E-state index contributed by atoms with van der Waals surface area (Å²) in [4.78, 5) is 39.5. The van der Waals surface area contributed by atoms with E-state index < -0.39 is 29.4 Å². The average Bonchev–Trinajstić information content (AvgIpc) is 3.05. The van der Waals surface area contributed by atoms with E-state index in [4.69, 9.17) is 4.74 Å². The molecule has 1 aromatic rings. The highest BCUT2D eigenvalue weighted by molar-refractivity contribution is 6.09. The quantitative estimate of drug-likeness (QED) is 0.663.